The second-order valence-corrected chi connectivity index (χ2v) is 6.69. The SMILES string of the molecule is CC(C)(C)C1[C@@H](Oc2ccncc2[N+](=O)[O-])CCCN1C(=O)O. The Morgan fingerprint density at radius 2 is 2.22 bits per heavy atom. The Morgan fingerprint density at radius 3 is 2.78 bits per heavy atom. The maximum atomic E-state index is 11.5. The fraction of sp³-hybridized carbons (Fsp3) is 0.600. The van der Waals surface area contributed by atoms with Crippen LogP contribution in [0, 0.1) is 15.5 Å². The second kappa shape index (κ2) is 6.39. The average molecular weight is 323 g/mol. The van der Waals surface area contributed by atoms with Gasteiger partial charge in [-0.25, -0.2) is 4.79 Å². The van der Waals surface area contributed by atoms with Crippen LogP contribution in [0.15, 0.2) is 18.5 Å². The van der Waals surface area contributed by atoms with Crippen molar-refractivity contribution >= 4 is 11.8 Å². The first kappa shape index (κ1) is 17.0. The standard InChI is InChI=1S/C15H21N3O5/c1-15(2,3)13-12(5-4-8-17(13)14(19)20)23-11-6-7-16-9-10(11)18(21)22/h6-7,9,12-13H,4-5,8H2,1-3H3,(H,19,20)/t12-,13?/m0/s1. The molecule has 1 aromatic heterocycles. The second-order valence-electron chi connectivity index (χ2n) is 6.69. The van der Waals surface area contributed by atoms with E-state index in [9.17, 15) is 20.0 Å². The zero-order chi connectivity index (χ0) is 17.2. The number of carbonyl (C=O) groups is 1. The predicted octanol–water partition coefficient (Wildman–Crippen LogP) is 2.93. The number of piperidine rings is 1. The quantitative estimate of drug-likeness (QED) is 0.677. The third kappa shape index (κ3) is 3.69. The van der Waals surface area contributed by atoms with Crippen molar-refractivity contribution in [1.82, 2.24) is 9.88 Å². The maximum absolute atomic E-state index is 11.5. The summed E-state index contributed by atoms with van der Waals surface area (Å²) in [5, 5.41) is 20.5. The molecule has 1 aromatic rings. The smallest absolute Gasteiger partial charge is 0.407 e. The molecule has 0 spiro atoms. The molecule has 1 N–H and O–H groups in total. The molecule has 2 rings (SSSR count). The number of likely N-dealkylation sites (tertiary alicyclic amines) is 1. The van der Waals surface area contributed by atoms with E-state index < -0.39 is 17.1 Å². The summed E-state index contributed by atoms with van der Waals surface area (Å²) >= 11 is 0. The zero-order valence-corrected chi connectivity index (χ0v) is 13.4. The van der Waals surface area contributed by atoms with Gasteiger partial charge in [0, 0.05) is 18.8 Å². The molecule has 2 atom stereocenters. The van der Waals surface area contributed by atoms with Crippen molar-refractivity contribution in [2.75, 3.05) is 6.54 Å². The molecule has 8 heteroatoms. The molecule has 1 aliphatic rings. The first-order valence-corrected chi connectivity index (χ1v) is 7.46. The summed E-state index contributed by atoms with van der Waals surface area (Å²) < 4.78 is 5.88. The van der Waals surface area contributed by atoms with E-state index in [4.69, 9.17) is 4.74 Å². The van der Waals surface area contributed by atoms with E-state index in [0.717, 1.165) is 6.20 Å². The van der Waals surface area contributed by atoms with Crippen molar-refractivity contribution in [2.24, 2.45) is 5.41 Å². The normalized spacial score (nSPS) is 21.8. The average Bonchev–Trinajstić information content (AvgIpc) is 2.46. The van der Waals surface area contributed by atoms with Crippen LogP contribution in [-0.2, 0) is 0 Å². The van der Waals surface area contributed by atoms with Crippen LogP contribution in [0.2, 0.25) is 0 Å². The molecule has 8 nitrogen and oxygen atoms in total. The lowest BCUT2D eigenvalue weighted by atomic mass is 9.79. The van der Waals surface area contributed by atoms with Crippen molar-refractivity contribution < 1.29 is 19.6 Å². The Hall–Kier alpha value is -2.38. The Bertz CT molecular complexity index is 599. The Balaban J connectivity index is 2.33. The number of amides is 1. The van der Waals surface area contributed by atoms with Crippen LogP contribution in [0.1, 0.15) is 33.6 Å². The van der Waals surface area contributed by atoms with Crippen LogP contribution < -0.4 is 4.74 Å². The highest BCUT2D eigenvalue weighted by atomic mass is 16.6. The van der Waals surface area contributed by atoms with Crippen LogP contribution in [0.3, 0.4) is 0 Å². The van der Waals surface area contributed by atoms with Gasteiger partial charge in [-0.1, -0.05) is 20.8 Å². The van der Waals surface area contributed by atoms with E-state index >= 15 is 0 Å². The lowest BCUT2D eigenvalue weighted by Gasteiger charge is -2.46. The van der Waals surface area contributed by atoms with Crippen LogP contribution in [0.4, 0.5) is 10.5 Å². The third-order valence-corrected chi connectivity index (χ3v) is 3.94. The van der Waals surface area contributed by atoms with Gasteiger partial charge in [-0.2, -0.15) is 0 Å². The summed E-state index contributed by atoms with van der Waals surface area (Å²) in [6.45, 7) is 6.26. The van der Waals surface area contributed by atoms with Gasteiger partial charge in [0.2, 0.25) is 5.75 Å². The van der Waals surface area contributed by atoms with Gasteiger partial charge in [0.05, 0.1) is 11.0 Å². The Morgan fingerprint density at radius 1 is 1.52 bits per heavy atom. The van der Waals surface area contributed by atoms with E-state index in [1.165, 1.54) is 17.2 Å². The van der Waals surface area contributed by atoms with Crippen LogP contribution >= 0.6 is 0 Å². The summed E-state index contributed by atoms with van der Waals surface area (Å²) in [6.07, 6.45) is 2.42. The van der Waals surface area contributed by atoms with Gasteiger partial charge < -0.3 is 14.7 Å². The number of nitrogens with zero attached hydrogens (tertiary/aromatic N) is 3. The number of rotatable bonds is 3. The van der Waals surface area contributed by atoms with Gasteiger partial charge in [-0.05, 0) is 18.3 Å². The van der Waals surface area contributed by atoms with Gasteiger partial charge in [-0.3, -0.25) is 15.1 Å². The Labute approximate surface area is 134 Å². The molecule has 1 aliphatic heterocycles. The van der Waals surface area contributed by atoms with Gasteiger partial charge >= 0.3 is 11.8 Å². The highest BCUT2D eigenvalue weighted by Gasteiger charge is 2.43. The van der Waals surface area contributed by atoms with E-state index in [-0.39, 0.29) is 22.9 Å². The van der Waals surface area contributed by atoms with Gasteiger partial charge in [-0.15, -0.1) is 0 Å². The number of pyridine rings is 1. The predicted molar refractivity (Wildman–Crippen MR) is 82.5 cm³/mol. The minimum Gasteiger partial charge on any atom is -0.481 e. The van der Waals surface area contributed by atoms with Gasteiger partial charge in [0.1, 0.15) is 12.3 Å². The van der Waals surface area contributed by atoms with Crippen molar-refractivity contribution in [3.8, 4) is 5.75 Å². The van der Waals surface area contributed by atoms with Crippen molar-refractivity contribution in [3.05, 3.63) is 28.6 Å². The van der Waals surface area contributed by atoms with Crippen molar-refractivity contribution in [3.63, 3.8) is 0 Å². The number of ether oxygens (including phenoxy) is 1. The first-order valence-electron chi connectivity index (χ1n) is 7.46. The number of hydrogen-bond acceptors (Lipinski definition) is 5. The highest BCUT2D eigenvalue weighted by Crippen LogP contribution is 2.36. The number of aromatic nitrogens is 1. The number of carboxylic acid groups (broad SMARTS) is 1. The minimum atomic E-state index is -0.998. The van der Waals surface area contributed by atoms with E-state index in [2.05, 4.69) is 4.98 Å². The molecule has 0 aliphatic carbocycles. The summed E-state index contributed by atoms with van der Waals surface area (Å²) in [4.78, 5) is 27.2. The molecule has 0 radical (unpaired) electrons. The summed E-state index contributed by atoms with van der Waals surface area (Å²) in [7, 11) is 0. The summed E-state index contributed by atoms with van der Waals surface area (Å²) in [5.41, 5.74) is -0.571. The topological polar surface area (TPSA) is 106 Å². The van der Waals surface area contributed by atoms with Crippen LogP contribution in [0.25, 0.3) is 0 Å². The molecule has 0 aromatic carbocycles. The summed E-state index contributed by atoms with van der Waals surface area (Å²) in [5.74, 6) is 0.122. The fourth-order valence-electron chi connectivity index (χ4n) is 3.10. The fourth-order valence-corrected chi connectivity index (χ4v) is 3.10. The zero-order valence-electron chi connectivity index (χ0n) is 13.4. The molecule has 2 heterocycles. The van der Waals surface area contributed by atoms with Crippen molar-refractivity contribution in [1.29, 1.82) is 0 Å². The van der Waals surface area contributed by atoms with Crippen molar-refractivity contribution in [2.45, 2.75) is 45.8 Å². The Kier molecular flexibility index (Phi) is 4.72. The first-order chi connectivity index (χ1) is 10.7. The largest absolute Gasteiger partial charge is 0.481 e. The lowest BCUT2D eigenvalue weighted by molar-refractivity contribution is -0.386. The molecular formula is C15H21N3O5. The van der Waals surface area contributed by atoms with E-state index in [0.29, 0.717) is 19.4 Å². The summed E-state index contributed by atoms with van der Waals surface area (Å²) in [6, 6.07) is 1.05. The molecule has 1 fully saturated rings. The molecule has 1 saturated heterocycles. The third-order valence-electron chi connectivity index (χ3n) is 3.94. The van der Waals surface area contributed by atoms with Gasteiger partial charge in [0.15, 0.2) is 0 Å². The molecule has 126 valence electrons. The lowest BCUT2D eigenvalue weighted by Crippen LogP contribution is -2.58. The van der Waals surface area contributed by atoms with Crippen LogP contribution in [0.5, 0.6) is 5.75 Å². The monoisotopic (exact) mass is 323 g/mol. The molecular weight excluding hydrogens is 302 g/mol. The van der Waals surface area contributed by atoms with E-state index in [1.807, 2.05) is 20.8 Å². The molecule has 0 saturated carbocycles. The van der Waals surface area contributed by atoms with Crippen LogP contribution in [-0.4, -0.2) is 44.7 Å². The molecule has 1 unspecified atom stereocenters. The highest BCUT2D eigenvalue weighted by molar-refractivity contribution is 5.66. The molecule has 0 bridgehead atoms. The number of nitro groups is 1. The minimum absolute atomic E-state index is 0.122. The molecule has 23 heavy (non-hydrogen) atoms. The van der Waals surface area contributed by atoms with Gasteiger partial charge in [0.25, 0.3) is 0 Å². The number of hydrogen-bond donors (Lipinski definition) is 1. The maximum Gasteiger partial charge on any atom is 0.407 e. The van der Waals surface area contributed by atoms with E-state index in [1.54, 1.807) is 0 Å². The molecule has 1 amide bonds.